The highest BCUT2D eigenvalue weighted by atomic mass is 32.2. The molecule has 11 heteroatoms. The van der Waals surface area contributed by atoms with Gasteiger partial charge in [-0.25, -0.2) is 4.79 Å². The Morgan fingerprint density at radius 3 is 2.48 bits per heavy atom. The van der Waals surface area contributed by atoms with Crippen molar-refractivity contribution in [3.8, 4) is 0 Å². The maximum absolute atomic E-state index is 12.8. The molecule has 0 saturated carbocycles. The summed E-state index contributed by atoms with van der Waals surface area (Å²) in [6, 6.07) is 0. The van der Waals surface area contributed by atoms with Crippen molar-refractivity contribution in [1.29, 1.82) is 0 Å². The van der Waals surface area contributed by atoms with E-state index in [0.29, 0.717) is 15.7 Å². The Balaban J connectivity index is 2.19. The number of amides is 1. The summed E-state index contributed by atoms with van der Waals surface area (Å²) in [6.07, 6.45) is -1.63. The Morgan fingerprint density at radius 2 is 2.03 bits per heavy atom. The van der Waals surface area contributed by atoms with Gasteiger partial charge in [0.2, 0.25) is 12.1 Å². The number of likely N-dealkylation sites (tertiary alicyclic amines) is 1. The molecule has 4 unspecified atom stereocenters. The van der Waals surface area contributed by atoms with Gasteiger partial charge in [0.1, 0.15) is 16.9 Å². The number of aliphatic carboxylic acids is 1. The van der Waals surface area contributed by atoms with E-state index in [0.717, 1.165) is 11.3 Å². The number of carboxylic acids is 1. The van der Waals surface area contributed by atoms with Gasteiger partial charge in [-0.15, -0.1) is 0 Å². The molecule has 2 fully saturated rings. The van der Waals surface area contributed by atoms with E-state index < -0.39 is 55.0 Å². The van der Waals surface area contributed by atoms with E-state index in [-0.39, 0.29) is 11.0 Å². The Hall–Kier alpha value is -0.173. The van der Waals surface area contributed by atoms with Crippen LogP contribution in [0.5, 0.6) is 0 Å². The number of hydrogen-bond donors (Lipinski definition) is 2. The van der Waals surface area contributed by atoms with E-state index in [1.807, 2.05) is 6.92 Å². The Kier molecular flexibility index (Phi) is 7.90. The van der Waals surface area contributed by atoms with E-state index in [4.69, 9.17) is 16.6 Å². The van der Waals surface area contributed by atoms with E-state index in [1.165, 1.54) is 11.8 Å². The first-order valence-electron chi connectivity index (χ1n) is 9.63. The second-order valence-electron chi connectivity index (χ2n) is 9.19. The summed E-state index contributed by atoms with van der Waals surface area (Å²) >= 11 is 5.86. The first-order chi connectivity index (χ1) is 13.2. The molecule has 0 aromatic carbocycles. The SMILES string of the molecule is C[C@@H](O[Si](C)(C)C(C)(C)C)C1C(=O)N([C@H](O)C(=O)O)C1SC(=S)C1CC[S+]([O-])C1. The molecular weight excluding hydrogens is 450 g/mol. The van der Waals surface area contributed by atoms with Crippen LogP contribution in [0.1, 0.15) is 34.1 Å². The molecule has 2 aliphatic heterocycles. The molecule has 2 aliphatic rings. The number of β-lactam (4-membered cyclic amide) rings is 1. The lowest BCUT2D eigenvalue weighted by atomic mass is 9.92. The van der Waals surface area contributed by atoms with Crippen LogP contribution in [0, 0.1) is 11.8 Å². The van der Waals surface area contributed by atoms with Crippen molar-refractivity contribution in [2.45, 2.75) is 70.0 Å². The maximum Gasteiger partial charge on any atom is 0.354 e. The maximum atomic E-state index is 12.8. The molecule has 0 aliphatic carbocycles. The molecule has 2 N–H and O–H groups in total. The second kappa shape index (κ2) is 9.13. The highest BCUT2D eigenvalue weighted by Gasteiger charge is 2.56. The molecule has 166 valence electrons. The molecule has 0 aromatic heterocycles. The van der Waals surface area contributed by atoms with Crippen LogP contribution in [-0.4, -0.2) is 73.3 Å². The first-order valence-corrected chi connectivity index (χ1v) is 15.3. The highest BCUT2D eigenvalue weighted by molar-refractivity contribution is 8.23. The quantitative estimate of drug-likeness (QED) is 0.247. The molecule has 6 atom stereocenters. The minimum absolute atomic E-state index is 0.00683. The van der Waals surface area contributed by atoms with Gasteiger partial charge >= 0.3 is 5.97 Å². The summed E-state index contributed by atoms with van der Waals surface area (Å²) in [6.45, 7) is 12.3. The molecular formula is C18H31NO6S3Si. The molecule has 2 saturated heterocycles. The van der Waals surface area contributed by atoms with Gasteiger partial charge in [-0.2, -0.15) is 0 Å². The third-order valence-corrected chi connectivity index (χ3v) is 14.0. The Bertz CT molecular complexity index is 670. The van der Waals surface area contributed by atoms with Crippen molar-refractivity contribution in [3.05, 3.63) is 0 Å². The third kappa shape index (κ3) is 5.36. The molecule has 0 radical (unpaired) electrons. The number of thiocarbonyl (C=S) groups is 1. The normalized spacial score (nSPS) is 30.1. The number of hydrogen-bond acceptors (Lipinski definition) is 7. The summed E-state index contributed by atoms with van der Waals surface area (Å²) < 4.78 is 18.7. The zero-order chi connectivity index (χ0) is 22.3. The largest absolute Gasteiger partial charge is 0.616 e. The fourth-order valence-corrected chi connectivity index (χ4v) is 8.31. The van der Waals surface area contributed by atoms with Gasteiger partial charge < -0.3 is 19.2 Å². The lowest BCUT2D eigenvalue weighted by molar-refractivity contribution is -0.185. The van der Waals surface area contributed by atoms with Crippen molar-refractivity contribution in [2.75, 3.05) is 11.5 Å². The smallest absolute Gasteiger partial charge is 0.354 e. The third-order valence-electron chi connectivity index (χ3n) is 6.05. The fraction of sp³-hybridized carbons (Fsp3) is 0.833. The molecule has 7 nitrogen and oxygen atoms in total. The minimum atomic E-state index is -2.15. The molecule has 29 heavy (non-hydrogen) atoms. The summed E-state index contributed by atoms with van der Waals surface area (Å²) in [5.74, 6) is -1.42. The van der Waals surface area contributed by atoms with Crippen LogP contribution in [0.3, 0.4) is 0 Å². The first kappa shape index (κ1) is 25.1. The van der Waals surface area contributed by atoms with Crippen molar-refractivity contribution in [2.24, 2.45) is 11.8 Å². The monoisotopic (exact) mass is 481 g/mol. The van der Waals surface area contributed by atoms with Gasteiger partial charge in [0.05, 0.1) is 16.2 Å². The second-order valence-corrected chi connectivity index (χ2v) is 17.4. The van der Waals surface area contributed by atoms with Crippen molar-refractivity contribution >= 4 is 59.5 Å². The summed E-state index contributed by atoms with van der Waals surface area (Å²) in [7, 11) is -2.15. The number of rotatable bonds is 7. The zero-order valence-electron chi connectivity index (χ0n) is 17.7. The predicted molar refractivity (Wildman–Crippen MR) is 122 cm³/mol. The average Bonchev–Trinajstić information content (AvgIpc) is 2.99. The summed E-state index contributed by atoms with van der Waals surface area (Å²) in [4.78, 5) is 25.1. The summed E-state index contributed by atoms with van der Waals surface area (Å²) in [5, 5.41) is 18.6. The van der Waals surface area contributed by atoms with Crippen LogP contribution >= 0.6 is 24.0 Å². The molecule has 2 rings (SSSR count). The fourth-order valence-electron chi connectivity index (χ4n) is 3.23. The standard InChI is InChI=1S/C18H31NO6S3Si/c1-10(25-29(5,6)18(2,3)4)12-13(20)19(14(21)16(22)23)15(12)27-17(26)11-7-8-28(24)9-11/h10-12,14-15,21H,7-9H2,1-6H3,(H,22,23)/t10-,11?,12?,14-,15?,28?/m1/s1. The Morgan fingerprint density at radius 1 is 1.45 bits per heavy atom. The van der Waals surface area contributed by atoms with Gasteiger partial charge in [-0.1, -0.05) is 55.9 Å². The molecule has 2 heterocycles. The summed E-state index contributed by atoms with van der Waals surface area (Å²) in [5.41, 5.74) is 0. The van der Waals surface area contributed by atoms with Crippen LogP contribution < -0.4 is 0 Å². The minimum Gasteiger partial charge on any atom is -0.616 e. The van der Waals surface area contributed by atoms with Crippen molar-refractivity contribution in [3.63, 3.8) is 0 Å². The van der Waals surface area contributed by atoms with Crippen LogP contribution in [0.2, 0.25) is 18.1 Å². The number of aliphatic hydroxyl groups is 1. The molecule has 1 amide bonds. The van der Waals surface area contributed by atoms with Gasteiger partial charge in [0, 0.05) is 12.3 Å². The van der Waals surface area contributed by atoms with E-state index in [1.54, 1.807) is 0 Å². The topological polar surface area (TPSA) is 110 Å². The predicted octanol–water partition coefficient (Wildman–Crippen LogP) is 2.41. The van der Waals surface area contributed by atoms with Crippen molar-refractivity contribution < 1.29 is 28.8 Å². The number of thioether (sulfide) groups is 1. The highest BCUT2D eigenvalue weighted by Crippen LogP contribution is 2.45. The Labute approximate surface area is 186 Å². The molecule has 0 spiro atoms. The van der Waals surface area contributed by atoms with Crippen LogP contribution in [0.25, 0.3) is 0 Å². The molecule has 0 aromatic rings. The number of carboxylic acid groups (broad SMARTS) is 1. The van der Waals surface area contributed by atoms with Gasteiger partial charge in [0.25, 0.3) is 0 Å². The lowest BCUT2D eigenvalue weighted by Gasteiger charge is -2.51. The van der Waals surface area contributed by atoms with Gasteiger partial charge in [0.15, 0.2) is 8.32 Å². The van der Waals surface area contributed by atoms with Crippen LogP contribution in [0.15, 0.2) is 0 Å². The van der Waals surface area contributed by atoms with E-state index >= 15 is 0 Å². The lowest BCUT2D eigenvalue weighted by Crippen LogP contribution is -2.68. The van der Waals surface area contributed by atoms with Crippen LogP contribution in [0.4, 0.5) is 0 Å². The average molecular weight is 482 g/mol. The van der Waals surface area contributed by atoms with Gasteiger partial charge in [-0.3, -0.25) is 9.69 Å². The van der Waals surface area contributed by atoms with E-state index in [2.05, 4.69) is 33.9 Å². The number of carbonyl (C=O) groups is 2. The number of nitrogens with zero attached hydrogens (tertiary/aromatic N) is 1. The van der Waals surface area contributed by atoms with Crippen LogP contribution in [-0.2, 0) is 25.2 Å². The van der Waals surface area contributed by atoms with Gasteiger partial charge in [-0.05, 0) is 25.1 Å². The van der Waals surface area contributed by atoms with E-state index in [9.17, 15) is 24.4 Å². The molecule has 0 bridgehead atoms. The zero-order valence-corrected chi connectivity index (χ0v) is 21.2. The number of aliphatic hydroxyl groups excluding tert-OH is 1. The number of carbonyl (C=O) groups excluding carboxylic acids is 1. The van der Waals surface area contributed by atoms with Crippen molar-refractivity contribution in [1.82, 2.24) is 4.90 Å².